The molecule has 18 heavy (non-hydrogen) atoms. The number of nitrogens with two attached hydrogens (primary N) is 1. The van der Waals surface area contributed by atoms with Crippen molar-refractivity contribution < 1.29 is 4.39 Å². The first kappa shape index (κ1) is 13.3. The first-order valence-corrected chi connectivity index (χ1v) is 6.81. The molecule has 1 aliphatic rings. The Morgan fingerprint density at radius 3 is 2.72 bits per heavy atom. The predicted molar refractivity (Wildman–Crippen MR) is 74.2 cm³/mol. The van der Waals surface area contributed by atoms with Crippen LogP contribution in [0.1, 0.15) is 45.2 Å². The second kappa shape index (κ2) is 5.27. The minimum Gasteiger partial charge on any atom is -0.366 e. The van der Waals surface area contributed by atoms with Crippen LogP contribution in [-0.4, -0.2) is 12.6 Å². The molecule has 1 aromatic carbocycles. The van der Waals surface area contributed by atoms with E-state index in [1.54, 1.807) is 6.07 Å². The molecule has 0 spiro atoms. The average Bonchev–Trinajstić information content (AvgIpc) is 2.29. The van der Waals surface area contributed by atoms with Gasteiger partial charge in [0.15, 0.2) is 0 Å². The molecule has 0 aromatic heterocycles. The van der Waals surface area contributed by atoms with Gasteiger partial charge in [-0.2, -0.15) is 0 Å². The first-order valence-electron chi connectivity index (χ1n) is 6.81. The highest BCUT2D eigenvalue weighted by atomic mass is 19.1. The van der Waals surface area contributed by atoms with Crippen molar-refractivity contribution >= 4 is 5.69 Å². The van der Waals surface area contributed by atoms with Gasteiger partial charge in [-0.25, -0.2) is 4.39 Å². The van der Waals surface area contributed by atoms with Crippen LogP contribution >= 0.6 is 0 Å². The van der Waals surface area contributed by atoms with Crippen molar-refractivity contribution in [1.29, 1.82) is 0 Å². The van der Waals surface area contributed by atoms with Gasteiger partial charge in [0.1, 0.15) is 5.82 Å². The molecular formula is C15H23FN2. The highest BCUT2D eigenvalue weighted by molar-refractivity contribution is 5.57. The van der Waals surface area contributed by atoms with Crippen molar-refractivity contribution in [3.8, 4) is 0 Å². The van der Waals surface area contributed by atoms with Gasteiger partial charge in [-0.05, 0) is 44.2 Å². The van der Waals surface area contributed by atoms with Crippen molar-refractivity contribution in [2.45, 2.75) is 45.7 Å². The van der Waals surface area contributed by atoms with E-state index in [1.807, 2.05) is 13.0 Å². The van der Waals surface area contributed by atoms with Gasteiger partial charge in [-0.1, -0.05) is 19.1 Å². The molecule has 3 heteroatoms. The quantitative estimate of drug-likeness (QED) is 0.871. The van der Waals surface area contributed by atoms with Gasteiger partial charge in [0.05, 0.1) is 5.69 Å². The molecule has 2 N–H and O–H groups in total. The summed E-state index contributed by atoms with van der Waals surface area (Å²) in [5.74, 6) is 0.577. The molecule has 2 nitrogen and oxygen atoms in total. The van der Waals surface area contributed by atoms with Gasteiger partial charge in [0, 0.05) is 18.6 Å². The highest BCUT2D eigenvalue weighted by Gasteiger charge is 2.27. The van der Waals surface area contributed by atoms with Crippen molar-refractivity contribution in [3.05, 3.63) is 29.6 Å². The summed E-state index contributed by atoms with van der Waals surface area (Å²) in [4.78, 5) is 2.19. The van der Waals surface area contributed by atoms with Crippen LogP contribution in [0.2, 0.25) is 0 Å². The minimum atomic E-state index is -0.147. The molecule has 2 unspecified atom stereocenters. The maximum absolute atomic E-state index is 14.2. The van der Waals surface area contributed by atoms with Crippen LogP contribution in [0.25, 0.3) is 0 Å². The van der Waals surface area contributed by atoms with E-state index in [-0.39, 0.29) is 11.9 Å². The summed E-state index contributed by atoms with van der Waals surface area (Å²) in [5.41, 5.74) is 7.60. The van der Waals surface area contributed by atoms with E-state index in [2.05, 4.69) is 18.7 Å². The Morgan fingerprint density at radius 1 is 1.39 bits per heavy atom. The second-order valence-corrected chi connectivity index (χ2v) is 5.64. The van der Waals surface area contributed by atoms with Crippen LogP contribution in [0.5, 0.6) is 0 Å². The van der Waals surface area contributed by atoms with E-state index in [4.69, 9.17) is 5.73 Å². The number of para-hydroxylation sites is 1. The maximum Gasteiger partial charge on any atom is 0.146 e. The third-order valence-electron chi connectivity index (χ3n) is 3.93. The molecule has 1 aliphatic heterocycles. The Hall–Kier alpha value is -1.09. The van der Waals surface area contributed by atoms with Crippen molar-refractivity contribution in [1.82, 2.24) is 0 Å². The van der Waals surface area contributed by atoms with E-state index in [1.165, 1.54) is 6.07 Å². The number of anilines is 1. The van der Waals surface area contributed by atoms with Crippen molar-refractivity contribution in [2.24, 2.45) is 11.7 Å². The fraction of sp³-hybridized carbons (Fsp3) is 0.600. The van der Waals surface area contributed by atoms with Gasteiger partial charge in [0.2, 0.25) is 0 Å². The number of nitrogens with zero attached hydrogens (tertiary/aromatic N) is 1. The van der Waals surface area contributed by atoms with Gasteiger partial charge in [-0.15, -0.1) is 0 Å². The van der Waals surface area contributed by atoms with Crippen LogP contribution in [-0.2, 0) is 0 Å². The molecule has 0 radical (unpaired) electrons. The molecule has 1 aromatic rings. The molecule has 3 atom stereocenters. The van der Waals surface area contributed by atoms with Gasteiger partial charge in [0.25, 0.3) is 0 Å². The fourth-order valence-corrected chi connectivity index (χ4v) is 2.94. The van der Waals surface area contributed by atoms with Crippen molar-refractivity contribution in [3.63, 3.8) is 0 Å². The molecule has 1 saturated heterocycles. The minimum absolute atomic E-state index is 0.137. The summed E-state index contributed by atoms with van der Waals surface area (Å²) in [6.07, 6.45) is 2.24. The van der Waals surface area contributed by atoms with Crippen LogP contribution in [0, 0.1) is 11.7 Å². The number of piperidine rings is 1. The van der Waals surface area contributed by atoms with Crippen LogP contribution < -0.4 is 10.6 Å². The van der Waals surface area contributed by atoms with Gasteiger partial charge < -0.3 is 10.6 Å². The zero-order chi connectivity index (χ0) is 13.3. The third kappa shape index (κ3) is 2.51. The van der Waals surface area contributed by atoms with Crippen LogP contribution in [0.15, 0.2) is 18.2 Å². The van der Waals surface area contributed by atoms with Gasteiger partial charge >= 0.3 is 0 Å². The lowest BCUT2D eigenvalue weighted by atomic mass is 9.91. The predicted octanol–water partition coefficient (Wildman–Crippen LogP) is 3.47. The maximum atomic E-state index is 14.2. The number of hydrogen-bond acceptors (Lipinski definition) is 2. The van der Waals surface area contributed by atoms with Crippen LogP contribution in [0.3, 0.4) is 0 Å². The molecule has 0 bridgehead atoms. The van der Waals surface area contributed by atoms with Crippen molar-refractivity contribution in [2.75, 3.05) is 11.4 Å². The van der Waals surface area contributed by atoms with E-state index in [0.29, 0.717) is 11.7 Å². The monoisotopic (exact) mass is 250 g/mol. The van der Waals surface area contributed by atoms with Gasteiger partial charge in [-0.3, -0.25) is 0 Å². The lowest BCUT2D eigenvalue weighted by Gasteiger charge is -2.39. The second-order valence-electron chi connectivity index (χ2n) is 5.64. The standard InChI is InChI=1S/C15H23FN2/c1-10-7-8-18(11(2)9-10)15-13(12(3)17)5-4-6-14(15)16/h4-6,10-12H,7-9,17H2,1-3H3/t10?,11?,12-/m1/s1. The lowest BCUT2D eigenvalue weighted by molar-refractivity contribution is 0.374. The van der Waals surface area contributed by atoms with E-state index < -0.39 is 0 Å². The van der Waals surface area contributed by atoms with E-state index in [9.17, 15) is 4.39 Å². The molecular weight excluding hydrogens is 227 g/mol. The molecule has 1 heterocycles. The molecule has 2 rings (SSSR count). The summed E-state index contributed by atoms with van der Waals surface area (Å²) >= 11 is 0. The molecule has 0 amide bonds. The summed E-state index contributed by atoms with van der Waals surface area (Å²) in [5, 5.41) is 0. The Labute approximate surface area is 109 Å². The summed E-state index contributed by atoms with van der Waals surface area (Å²) < 4.78 is 14.2. The summed E-state index contributed by atoms with van der Waals surface area (Å²) in [7, 11) is 0. The smallest absolute Gasteiger partial charge is 0.146 e. The van der Waals surface area contributed by atoms with E-state index in [0.717, 1.165) is 30.9 Å². The molecule has 1 fully saturated rings. The first-order chi connectivity index (χ1) is 8.50. The lowest BCUT2D eigenvalue weighted by Crippen LogP contribution is -2.41. The summed E-state index contributed by atoms with van der Waals surface area (Å²) in [6, 6.07) is 5.46. The Morgan fingerprint density at radius 2 is 2.11 bits per heavy atom. The normalized spacial score (nSPS) is 26.2. The number of rotatable bonds is 2. The average molecular weight is 250 g/mol. The molecule has 0 aliphatic carbocycles. The fourth-order valence-electron chi connectivity index (χ4n) is 2.94. The number of hydrogen-bond donors (Lipinski definition) is 1. The Balaban J connectivity index is 2.38. The Bertz CT molecular complexity index is 417. The zero-order valence-corrected chi connectivity index (χ0v) is 11.5. The number of halogens is 1. The zero-order valence-electron chi connectivity index (χ0n) is 11.5. The SMILES string of the molecule is CC1CCN(c2c(F)cccc2[C@@H](C)N)C(C)C1. The Kier molecular flexibility index (Phi) is 3.91. The molecule has 100 valence electrons. The molecule has 0 saturated carbocycles. The van der Waals surface area contributed by atoms with Crippen LogP contribution in [0.4, 0.5) is 10.1 Å². The highest BCUT2D eigenvalue weighted by Crippen LogP contribution is 2.34. The topological polar surface area (TPSA) is 29.3 Å². The number of benzene rings is 1. The summed E-state index contributed by atoms with van der Waals surface area (Å²) in [6.45, 7) is 7.27. The van der Waals surface area contributed by atoms with E-state index >= 15 is 0 Å². The largest absolute Gasteiger partial charge is 0.366 e. The third-order valence-corrected chi connectivity index (χ3v) is 3.93.